The molecule has 0 saturated carbocycles. The fraction of sp³-hybridized carbons (Fsp3) is 0.333. The molecular weight excluding hydrogens is 324 g/mol. The van der Waals surface area contributed by atoms with Crippen LogP contribution in [0.3, 0.4) is 0 Å². The van der Waals surface area contributed by atoms with Gasteiger partial charge in [-0.15, -0.1) is 0 Å². The zero-order valence-electron chi connectivity index (χ0n) is 13.3. The van der Waals surface area contributed by atoms with Gasteiger partial charge in [0.1, 0.15) is 11.9 Å². The maximum atomic E-state index is 9.22. The Morgan fingerprint density at radius 2 is 2.04 bits per heavy atom. The smallest absolute Gasteiger partial charge is 0.143 e. The van der Waals surface area contributed by atoms with Gasteiger partial charge < -0.3 is 10.1 Å². The summed E-state index contributed by atoms with van der Waals surface area (Å²) in [5.41, 5.74) is 1.61. The minimum Gasteiger partial charge on any atom is -0.379 e. The number of halogens is 1. The Morgan fingerprint density at radius 1 is 1.25 bits per heavy atom. The van der Waals surface area contributed by atoms with Crippen molar-refractivity contribution in [3.63, 3.8) is 0 Å². The third-order valence-electron chi connectivity index (χ3n) is 4.14. The lowest BCUT2D eigenvalue weighted by atomic mass is 10.0. The number of hydrogen-bond acceptors (Lipinski definition) is 5. The maximum absolute atomic E-state index is 9.22. The van der Waals surface area contributed by atoms with Crippen molar-refractivity contribution in [2.75, 3.05) is 38.2 Å². The van der Waals surface area contributed by atoms with Crippen LogP contribution in [0.5, 0.6) is 0 Å². The Labute approximate surface area is 146 Å². The van der Waals surface area contributed by atoms with E-state index < -0.39 is 0 Å². The van der Waals surface area contributed by atoms with Crippen LogP contribution in [0.4, 0.5) is 5.82 Å². The van der Waals surface area contributed by atoms with Crippen molar-refractivity contribution in [3.8, 4) is 6.07 Å². The second-order valence-electron chi connectivity index (χ2n) is 5.58. The zero-order valence-corrected chi connectivity index (χ0v) is 14.0. The molecule has 2 heterocycles. The van der Waals surface area contributed by atoms with Crippen LogP contribution in [0, 0.1) is 11.3 Å². The SMILES string of the molecule is N#Cc1cccnc1NC[C@H](c1ccccc1Cl)N1CCOCC1. The number of nitrogens with zero attached hydrogens (tertiary/aromatic N) is 3. The van der Waals surface area contributed by atoms with Gasteiger partial charge in [-0.1, -0.05) is 29.8 Å². The van der Waals surface area contributed by atoms with E-state index in [1.165, 1.54) is 0 Å². The number of ether oxygens (including phenoxy) is 1. The monoisotopic (exact) mass is 342 g/mol. The highest BCUT2D eigenvalue weighted by atomic mass is 35.5. The maximum Gasteiger partial charge on any atom is 0.143 e. The number of rotatable bonds is 5. The first-order chi connectivity index (χ1) is 11.8. The fourth-order valence-corrected chi connectivity index (χ4v) is 3.16. The lowest BCUT2D eigenvalue weighted by Gasteiger charge is -2.35. The molecule has 1 saturated heterocycles. The number of hydrogen-bond donors (Lipinski definition) is 1. The van der Waals surface area contributed by atoms with Crippen molar-refractivity contribution in [2.45, 2.75) is 6.04 Å². The summed E-state index contributed by atoms with van der Waals surface area (Å²) in [7, 11) is 0. The Bertz CT molecular complexity index is 725. The quantitative estimate of drug-likeness (QED) is 0.904. The highest BCUT2D eigenvalue weighted by Gasteiger charge is 2.24. The van der Waals surface area contributed by atoms with Gasteiger partial charge in [0.15, 0.2) is 0 Å². The molecule has 1 atom stereocenters. The van der Waals surface area contributed by atoms with Gasteiger partial charge in [0, 0.05) is 30.9 Å². The molecule has 0 aliphatic carbocycles. The van der Waals surface area contributed by atoms with Gasteiger partial charge >= 0.3 is 0 Å². The average Bonchev–Trinajstić information content (AvgIpc) is 2.64. The first kappa shape index (κ1) is 16.7. The molecule has 0 radical (unpaired) electrons. The number of pyridine rings is 1. The number of aromatic nitrogens is 1. The Balaban J connectivity index is 1.82. The Morgan fingerprint density at radius 3 is 2.79 bits per heavy atom. The highest BCUT2D eigenvalue weighted by molar-refractivity contribution is 6.31. The van der Waals surface area contributed by atoms with Crippen LogP contribution in [0.1, 0.15) is 17.2 Å². The van der Waals surface area contributed by atoms with Crippen LogP contribution in [-0.2, 0) is 4.74 Å². The first-order valence-electron chi connectivity index (χ1n) is 7.95. The molecule has 6 heteroatoms. The molecule has 0 spiro atoms. The van der Waals surface area contributed by atoms with Crippen molar-refractivity contribution in [3.05, 3.63) is 58.7 Å². The lowest BCUT2D eigenvalue weighted by Crippen LogP contribution is -2.41. The Kier molecular flexibility index (Phi) is 5.65. The molecule has 1 aliphatic heterocycles. The molecular formula is C18H19ClN4O. The molecule has 0 amide bonds. The van der Waals surface area contributed by atoms with Gasteiger partial charge in [-0.3, -0.25) is 4.90 Å². The van der Waals surface area contributed by atoms with E-state index in [9.17, 15) is 5.26 Å². The highest BCUT2D eigenvalue weighted by Crippen LogP contribution is 2.28. The van der Waals surface area contributed by atoms with Gasteiger partial charge in [-0.25, -0.2) is 4.98 Å². The molecule has 1 aromatic heterocycles. The molecule has 124 valence electrons. The minimum absolute atomic E-state index is 0.0937. The molecule has 1 aliphatic rings. The summed E-state index contributed by atoms with van der Waals surface area (Å²) in [6.45, 7) is 3.76. The standard InChI is InChI=1S/C18H19ClN4O/c19-16-6-2-1-5-15(16)17(23-8-10-24-11-9-23)13-22-18-14(12-20)4-3-7-21-18/h1-7,17H,8-11,13H2,(H,21,22)/t17-/m1/s1. The van der Waals surface area contributed by atoms with E-state index in [1.54, 1.807) is 18.3 Å². The van der Waals surface area contributed by atoms with E-state index >= 15 is 0 Å². The topological polar surface area (TPSA) is 61.2 Å². The molecule has 3 rings (SSSR count). The second-order valence-corrected chi connectivity index (χ2v) is 5.99. The average molecular weight is 343 g/mol. The largest absolute Gasteiger partial charge is 0.379 e. The van der Waals surface area contributed by atoms with Gasteiger partial charge in [-0.05, 0) is 23.8 Å². The number of anilines is 1. The number of nitrogens with one attached hydrogen (secondary N) is 1. The zero-order chi connectivity index (χ0) is 16.8. The second kappa shape index (κ2) is 8.11. The molecule has 2 aromatic rings. The third kappa shape index (κ3) is 3.85. The van der Waals surface area contributed by atoms with E-state index in [-0.39, 0.29) is 6.04 Å². The predicted molar refractivity (Wildman–Crippen MR) is 94.0 cm³/mol. The Hall–Kier alpha value is -2.13. The van der Waals surface area contributed by atoms with Crippen LogP contribution in [0.2, 0.25) is 5.02 Å². The predicted octanol–water partition coefficient (Wildman–Crippen LogP) is 3.09. The first-order valence-corrected chi connectivity index (χ1v) is 8.32. The van der Waals surface area contributed by atoms with Crippen LogP contribution in [0.15, 0.2) is 42.6 Å². The molecule has 5 nitrogen and oxygen atoms in total. The normalized spacial score (nSPS) is 16.3. The van der Waals surface area contributed by atoms with Crippen LogP contribution >= 0.6 is 11.6 Å². The fourth-order valence-electron chi connectivity index (χ4n) is 2.90. The van der Waals surface area contributed by atoms with Gasteiger partial charge in [0.2, 0.25) is 0 Å². The van der Waals surface area contributed by atoms with E-state index in [2.05, 4.69) is 21.3 Å². The molecule has 24 heavy (non-hydrogen) atoms. The summed E-state index contributed by atoms with van der Waals surface area (Å²) >= 11 is 6.42. The summed E-state index contributed by atoms with van der Waals surface area (Å²) in [5.74, 6) is 0.602. The number of morpholine rings is 1. The van der Waals surface area contributed by atoms with Crippen molar-refractivity contribution in [2.24, 2.45) is 0 Å². The summed E-state index contributed by atoms with van der Waals surface area (Å²) in [5, 5.41) is 13.3. The van der Waals surface area contributed by atoms with E-state index in [4.69, 9.17) is 16.3 Å². The molecule has 1 aromatic carbocycles. The molecule has 0 bridgehead atoms. The lowest BCUT2D eigenvalue weighted by molar-refractivity contribution is 0.0187. The number of benzene rings is 1. The molecule has 1 N–H and O–H groups in total. The van der Waals surface area contributed by atoms with Crippen molar-refractivity contribution >= 4 is 17.4 Å². The summed E-state index contributed by atoms with van der Waals surface area (Å²) in [6.07, 6.45) is 1.68. The summed E-state index contributed by atoms with van der Waals surface area (Å²) in [4.78, 5) is 6.63. The third-order valence-corrected chi connectivity index (χ3v) is 4.49. The van der Waals surface area contributed by atoms with Gasteiger partial charge in [-0.2, -0.15) is 5.26 Å². The summed E-state index contributed by atoms with van der Waals surface area (Å²) in [6, 6.07) is 13.7. The van der Waals surface area contributed by atoms with E-state index in [0.717, 1.165) is 23.7 Å². The van der Waals surface area contributed by atoms with Crippen LogP contribution in [0.25, 0.3) is 0 Å². The minimum atomic E-state index is 0.0937. The van der Waals surface area contributed by atoms with E-state index in [1.807, 2.05) is 24.3 Å². The van der Waals surface area contributed by atoms with Crippen molar-refractivity contribution in [1.29, 1.82) is 5.26 Å². The summed E-state index contributed by atoms with van der Waals surface area (Å²) < 4.78 is 5.46. The van der Waals surface area contributed by atoms with E-state index in [0.29, 0.717) is 31.1 Å². The van der Waals surface area contributed by atoms with Crippen molar-refractivity contribution < 1.29 is 4.74 Å². The van der Waals surface area contributed by atoms with Crippen molar-refractivity contribution in [1.82, 2.24) is 9.88 Å². The molecule has 1 fully saturated rings. The van der Waals surface area contributed by atoms with Crippen LogP contribution < -0.4 is 5.32 Å². The van der Waals surface area contributed by atoms with Gasteiger partial charge in [0.25, 0.3) is 0 Å². The molecule has 0 unspecified atom stereocenters. The van der Waals surface area contributed by atoms with Crippen LogP contribution in [-0.4, -0.2) is 42.7 Å². The van der Waals surface area contributed by atoms with Gasteiger partial charge in [0.05, 0.1) is 24.8 Å². The number of nitriles is 1.